The third-order valence-electron chi connectivity index (χ3n) is 2.04. The van der Waals surface area contributed by atoms with E-state index in [9.17, 15) is 4.79 Å². The molecule has 0 aliphatic rings. The molecule has 0 bridgehead atoms. The minimum atomic E-state index is 0.0498. The molecule has 0 saturated carbocycles. The van der Waals surface area contributed by atoms with Crippen LogP contribution in [0.5, 0.6) is 5.75 Å². The number of phenolic OH excluding ortho intramolecular Hbond substituents is 1. The highest BCUT2D eigenvalue weighted by atomic mass is 16.3. The Labute approximate surface area is 89.5 Å². The van der Waals surface area contributed by atoms with E-state index in [1.165, 1.54) is 0 Å². The Balaban J connectivity index is 2.32. The zero-order valence-corrected chi connectivity index (χ0v) is 9.03. The Morgan fingerprint density at radius 2 is 1.93 bits per heavy atom. The van der Waals surface area contributed by atoms with Crippen LogP contribution in [-0.2, 0) is 11.3 Å². The average Bonchev–Trinajstić information content (AvgIpc) is 2.20. The van der Waals surface area contributed by atoms with Gasteiger partial charge in [0.2, 0.25) is 5.91 Å². The maximum absolute atomic E-state index is 11.2. The molecule has 1 aromatic carbocycles. The molecule has 4 heteroatoms. The highest BCUT2D eigenvalue weighted by molar-refractivity contribution is 5.77. The summed E-state index contributed by atoms with van der Waals surface area (Å²) >= 11 is 0. The van der Waals surface area contributed by atoms with Gasteiger partial charge in [0.1, 0.15) is 5.75 Å². The minimum absolute atomic E-state index is 0.0498. The predicted molar refractivity (Wildman–Crippen MR) is 58.5 cm³/mol. The van der Waals surface area contributed by atoms with Gasteiger partial charge in [-0.3, -0.25) is 4.79 Å². The van der Waals surface area contributed by atoms with Crippen molar-refractivity contribution < 1.29 is 9.90 Å². The van der Waals surface area contributed by atoms with Crippen LogP contribution in [0.2, 0.25) is 0 Å². The number of phenols is 1. The van der Waals surface area contributed by atoms with Crippen molar-refractivity contribution in [3.8, 4) is 5.75 Å². The van der Waals surface area contributed by atoms with Crippen molar-refractivity contribution in [1.82, 2.24) is 10.2 Å². The van der Waals surface area contributed by atoms with Crippen molar-refractivity contribution in [2.24, 2.45) is 0 Å². The smallest absolute Gasteiger partial charge is 0.236 e. The largest absolute Gasteiger partial charge is 0.508 e. The minimum Gasteiger partial charge on any atom is -0.508 e. The molecular weight excluding hydrogens is 192 g/mol. The van der Waals surface area contributed by atoms with Crippen LogP contribution in [0, 0.1) is 0 Å². The number of carbonyl (C=O) groups excluding carboxylic acids is 1. The number of likely N-dealkylation sites (N-methyl/N-ethyl adjacent to an activating group) is 1. The van der Waals surface area contributed by atoms with Crippen LogP contribution in [0.4, 0.5) is 0 Å². The molecule has 1 aromatic rings. The molecule has 0 fully saturated rings. The van der Waals surface area contributed by atoms with Gasteiger partial charge >= 0.3 is 0 Å². The second-order valence-corrected chi connectivity index (χ2v) is 3.56. The lowest BCUT2D eigenvalue weighted by Gasteiger charge is -2.10. The molecule has 0 saturated heterocycles. The number of amides is 1. The molecule has 0 aromatic heterocycles. The lowest BCUT2D eigenvalue weighted by Crippen LogP contribution is -2.32. The molecule has 0 radical (unpaired) electrons. The van der Waals surface area contributed by atoms with Crippen LogP contribution in [0.15, 0.2) is 24.3 Å². The first-order chi connectivity index (χ1) is 7.09. The molecule has 0 atom stereocenters. The molecule has 0 aliphatic heterocycles. The molecule has 2 N–H and O–H groups in total. The summed E-state index contributed by atoms with van der Waals surface area (Å²) in [7, 11) is 3.45. The van der Waals surface area contributed by atoms with Gasteiger partial charge in [-0.15, -0.1) is 0 Å². The molecule has 0 aliphatic carbocycles. The van der Waals surface area contributed by atoms with Crippen LogP contribution in [0.3, 0.4) is 0 Å². The molecule has 82 valence electrons. The van der Waals surface area contributed by atoms with E-state index in [1.807, 2.05) is 12.1 Å². The van der Waals surface area contributed by atoms with Crippen LogP contribution in [0.1, 0.15) is 5.56 Å². The molecule has 0 unspecified atom stereocenters. The van der Waals surface area contributed by atoms with Gasteiger partial charge < -0.3 is 15.3 Å². The maximum atomic E-state index is 11.2. The van der Waals surface area contributed by atoms with E-state index in [-0.39, 0.29) is 11.7 Å². The first kappa shape index (κ1) is 11.5. The third kappa shape index (κ3) is 3.99. The van der Waals surface area contributed by atoms with Crippen molar-refractivity contribution in [3.05, 3.63) is 29.8 Å². The van der Waals surface area contributed by atoms with E-state index in [1.54, 1.807) is 31.1 Å². The second-order valence-electron chi connectivity index (χ2n) is 3.56. The van der Waals surface area contributed by atoms with Crippen LogP contribution >= 0.6 is 0 Å². The highest BCUT2D eigenvalue weighted by Crippen LogP contribution is 2.08. The van der Waals surface area contributed by atoms with E-state index in [2.05, 4.69) is 5.32 Å². The lowest BCUT2D eigenvalue weighted by atomic mass is 10.2. The van der Waals surface area contributed by atoms with Gasteiger partial charge in [-0.05, 0) is 17.7 Å². The second kappa shape index (κ2) is 5.36. The molecule has 0 spiro atoms. The van der Waals surface area contributed by atoms with Crippen molar-refractivity contribution in [2.75, 3.05) is 20.6 Å². The summed E-state index contributed by atoms with van der Waals surface area (Å²) in [6.45, 7) is 0.952. The number of aromatic hydroxyl groups is 1. The Hall–Kier alpha value is -1.55. The first-order valence-electron chi connectivity index (χ1n) is 4.78. The normalized spacial score (nSPS) is 10.0. The third-order valence-corrected chi connectivity index (χ3v) is 2.04. The fourth-order valence-electron chi connectivity index (χ4n) is 1.09. The van der Waals surface area contributed by atoms with E-state index in [4.69, 9.17) is 5.11 Å². The van der Waals surface area contributed by atoms with Gasteiger partial charge in [-0.25, -0.2) is 0 Å². The summed E-state index contributed by atoms with van der Waals surface area (Å²) in [6.07, 6.45) is 0. The van der Waals surface area contributed by atoms with E-state index in [0.717, 1.165) is 5.56 Å². The number of nitrogens with zero attached hydrogens (tertiary/aromatic N) is 1. The quantitative estimate of drug-likeness (QED) is 0.760. The van der Waals surface area contributed by atoms with Crippen molar-refractivity contribution in [3.63, 3.8) is 0 Å². The van der Waals surface area contributed by atoms with E-state index < -0.39 is 0 Å². The van der Waals surface area contributed by atoms with Gasteiger partial charge in [-0.2, -0.15) is 0 Å². The Kier molecular flexibility index (Phi) is 4.12. The molecule has 15 heavy (non-hydrogen) atoms. The number of nitrogens with one attached hydrogen (secondary N) is 1. The summed E-state index contributed by atoms with van der Waals surface area (Å²) in [5, 5.41) is 12.1. The lowest BCUT2D eigenvalue weighted by molar-refractivity contribution is -0.127. The van der Waals surface area contributed by atoms with E-state index >= 15 is 0 Å². The van der Waals surface area contributed by atoms with Gasteiger partial charge in [0.25, 0.3) is 0 Å². The Morgan fingerprint density at radius 3 is 2.47 bits per heavy atom. The molecular formula is C11H16N2O2. The van der Waals surface area contributed by atoms with Crippen molar-refractivity contribution in [1.29, 1.82) is 0 Å². The predicted octanol–water partition coefficient (Wildman–Crippen LogP) is 0.570. The first-order valence-corrected chi connectivity index (χ1v) is 4.78. The average molecular weight is 208 g/mol. The number of rotatable bonds is 4. The van der Waals surface area contributed by atoms with Crippen molar-refractivity contribution >= 4 is 5.91 Å². The van der Waals surface area contributed by atoms with Gasteiger partial charge in [0.15, 0.2) is 0 Å². The van der Waals surface area contributed by atoms with Gasteiger partial charge in [0.05, 0.1) is 6.54 Å². The molecule has 0 heterocycles. The zero-order chi connectivity index (χ0) is 11.3. The Morgan fingerprint density at radius 1 is 1.33 bits per heavy atom. The highest BCUT2D eigenvalue weighted by Gasteiger charge is 2.02. The number of benzene rings is 1. The van der Waals surface area contributed by atoms with E-state index in [0.29, 0.717) is 13.1 Å². The zero-order valence-electron chi connectivity index (χ0n) is 9.03. The molecule has 4 nitrogen and oxygen atoms in total. The summed E-state index contributed by atoms with van der Waals surface area (Å²) in [5.74, 6) is 0.303. The summed E-state index contributed by atoms with van der Waals surface area (Å²) < 4.78 is 0. The Bertz CT molecular complexity index is 320. The molecule has 1 rings (SSSR count). The van der Waals surface area contributed by atoms with Crippen molar-refractivity contribution in [2.45, 2.75) is 6.54 Å². The van der Waals surface area contributed by atoms with Gasteiger partial charge in [0, 0.05) is 20.6 Å². The number of hydrogen-bond acceptors (Lipinski definition) is 3. The SMILES string of the molecule is CN(C)C(=O)CNCc1ccc(O)cc1. The van der Waals surface area contributed by atoms with Gasteiger partial charge in [-0.1, -0.05) is 12.1 Å². The summed E-state index contributed by atoms with van der Waals surface area (Å²) in [4.78, 5) is 12.8. The maximum Gasteiger partial charge on any atom is 0.236 e. The number of hydrogen-bond donors (Lipinski definition) is 2. The topological polar surface area (TPSA) is 52.6 Å². The fraction of sp³-hybridized carbons (Fsp3) is 0.364. The standard InChI is InChI=1S/C11H16N2O2/c1-13(2)11(15)8-12-7-9-3-5-10(14)6-4-9/h3-6,12,14H,7-8H2,1-2H3. The van der Waals surface area contributed by atoms with Crippen LogP contribution < -0.4 is 5.32 Å². The monoisotopic (exact) mass is 208 g/mol. The number of carbonyl (C=O) groups is 1. The summed E-state index contributed by atoms with van der Waals surface area (Å²) in [5.41, 5.74) is 1.04. The summed E-state index contributed by atoms with van der Waals surface area (Å²) in [6, 6.07) is 6.90. The molecule has 1 amide bonds. The van der Waals surface area contributed by atoms with Crippen LogP contribution in [-0.4, -0.2) is 36.6 Å². The fourth-order valence-corrected chi connectivity index (χ4v) is 1.09. The van der Waals surface area contributed by atoms with Crippen LogP contribution in [0.25, 0.3) is 0 Å².